The number of aryl methyl sites for hydroxylation is 1. The highest BCUT2D eigenvalue weighted by atomic mass is 14.5. The molecule has 4 aliphatic rings. The average molecular weight is 263 g/mol. The third kappa shape index (κ3) is 1.33. The molecule has 0 bridgehead atoms. The van der Waals surface area contributed by atoms with E-state index in [-0.39, 0.29) is 0 Å². The predicted octanol–water partition coefficient (Wildman–Crippen LogP) is 5.22. The number of benzene rings is 1. The summed E-state index contributed by atoms with van der Waals surface area (Å²) in [6.07, 6.45) is 14.7. The number of hydrogen-bond donors (Lipinski definition) is 0. The first-order chi connectivity index (χ1) is 9.76. The van der Waals surface area contributed by atoms with Crippen LogP contribution < -0.4 is 0 Å². The lowest BCUT2D eigenvalue weighted by molar-refractivity contribution is 0.0597. The van der Waals surface area contributed by atoms with E-state index in [2.05, 4.69) is 31.2 Å². The van der Waals surface area contributed by atoms with Gasteiger partial charge in [-0.25, -0.2) is 0 Å². The number of rotatable bonds is 0. The van der Waals surface area contributed by atoms with Gasteiger partial charge in [-0.15, -0.1) is 0 Å². The van der Waals surface area contributed by atoms with Gasteiger partial charge in [-0.2, -0.15) is 0 Å². The zero-order chi connectivity index (χ0) is 13.3. The second kappa shape index (κ2) is 3.78. The van der Waals surface area contributed by atoms with Crippen LogP contribution in [0.1, 0.15) is 73.6 Å². The monoisotopic (exact) mass is 263 g/mol. The van der Waals surface area contributed by atoms with Crippen molar-refractivity contribution in [1.82, 2.24) is 0 Å². The maximum absolute atomic E-state index is 3.48. The Hall–Kier alpha value is -1.04. The van der Waals surface area contributed by atoms with Gasteiger partial charge >= 0.3 is 0 Å². The molecular formula is C20H23. The highest BCUT2D eigenvalue weighted by Gasteiger charge is 2.50. The van der Waals surface area contributed by atoms with Crippen LogP contribution in [-0.4, -0.2) is 0 Å². The van der Waals surface area contributed by atoms with E-state index in [1.165, 1.54) is 50.5 Å². The fourth-order valence-electron chi connectivity index (χ4n) is 6.03. The van der Waals surface area contributed by atoms with Crippen LogP contribution in [0.5, 0.6) is 0 Å². The molecule has 4 atom stereocenters. The van der Waals surface area contributed by atoms with Crippen LogP contribution >= 0.6 is 0 Å². The zero-order valence-corrected chi connectivity index (χ0v) is 12.4. The standard InChI is InChI=1S/C20H23/c1-20-11-2-3-18(20)16-9-7-14-5-4-13-6-8-15(13)19(14)17(16)10-12-20/h5-6,8,16-18H,2-3,7,9-12H2,1H3/t16-,17+,18+,20+/m1/s1. The van der Waals surface area contributed by atoms with Gasteiger partial charge in [0.15, 0.2) is 0 Å². The van der Waals surface area contributed by atoms with E-state index in [0.717, 1.165) is 17.8 Å². The summed E-state index contributed by atoms with van der Waals surface area (Å²) < 4.78 is 0. The molecule has 20 heavy (non-hydrogen) atoms. The molecule has 0 aromatic heterocycles. The molecule has 4 aliphatic carbocycles. The average Bonchev–Trinajstić information content (AvgIpc) is 2.80. The van der Waals surface area contributed by atoms with Crippen LogP contribution in [0, 0.1) is 23.3 Å². The molecule has 0 N–H and O–H groups in total. The van der Waals surface area contributed by atoms with E-state index in [1.807, 2.05) is 0 Å². The first kappa shape index (κ1) is 11.6. The minimum absolute atomic E-state index is 0.683. The van der Waals surface area contributed by atoms with Gasteiger partial charge in [0.1, 0.15) is 0 Å². The van der Waals surface area contributed by atoms with Crippen molar-refractivity contribution >= 4 is 12.2 Å². The van der Waals surface area contributed by atoms with Gasteiger partial charge in [0.2, 0.25) is 0 Å². The molecule has 0 unspecified atom stereocenters. The van der Waals surface area contributed by atoms with Crippen molar-refractivity contribution in [3.05, 3.63) is 34.4 Å². The highest BCUT2D eigenvalue weighted by molar-refractivity contribution is 5.88. The van der Waals surface area contributed by atoms with Crippen LogP contribution in [0.4, 0.5) is 0 Å². The van der Waals surface area contributed by atoms with Crippen LogP contribution in [0.3, 0.4) is 0 Å². The molecule has 0 aliphatic heterocycles. The van der Waals surface area contributed by atoms with Gasteiger partial charge in [0.25, 0.3) is 0 Å². The summed E-state index contributed by atoms with van der Waals surface area (Å²) in [5.41, 5.74) is 6.98. The Labute approximate surface area is 122 Å². The second-order valence-electron chi connectivity index (χ2n) is 7.89. The Morgan fingerprint density at radius 2 is 2.10 bits per heavy atom. The van der Waals surface area contributed by atoms with E-state index in [4.69, 9.17) is 0 Å². The van der Waals surface area contributed by atoms with Gasteiger partial charge in [-0.05, 0) is 90.0 Å². The molecule has 0 heterocycles. The molecule has 0 nitrogen and oxygen atoms in total. The van der Waals surface area contributed by atoms with Gasteiger partial charge in [0.05, 0.1) is 0 Å². The van der Waals surface area contributed by atoms with Gasteiger partial charge in [0, 0.05) is 0 Å². The van der Waals surface area contributed by atoms with Crippen LogP contribution in [0.2, 0.25) is 0 Å². The Morgan fingerprint density at radius 1 is 1.15 bits per heavy atom. The van der Waals surface area contributed by atoms with Gasteiger partial charge in [-0.1, -0.05) is 31.6 Å². The molecule has 1 radical (unpaired) electrons. The first-order valence-corrected chi connectivity index (χ1v) is 8.52. The summed E-state index contributed by atoms with van der Waals surface area (Å²) in [5.74, 6) is 2.85. The number of fused-ring (bicyclic) bond motifs is 7. The maximum atomic E-state index is 3.48. The van der Waals surface area contributed by atoms with Crippen molar-refractivity contribution in [2.45, 2.75) is 57.8 Å². The Morgan fingerprint density at radius 3 is 2.95 bits per heavy atom. The van der Waals surface area contributed by atoms with E-state index in [9.17, 15) is 0 Å². The normalized spacial score (nSPS) is 40.4. The molecule has 1 aromatic rings. The minimum atomic E-state index is 0.683. The van der Waals surface area contributed by atoms with Crippen molar-refractivity contribution in [2.24, 2.45) is 17.3 Å². The molecule has 103 valence electrons. The summed E-state index contributed by atoms with van der Waals surface area (Å²) in [6.45, 7) is 2.59. The largest absolute Gasteiger partial charge is 0.0594 e. The minimum Gasteiger partial charge on any atom is -0.0594 e. The maximum Gasteiger partial charge on any atom is -0.00961 e. The zero-order valence-electron chi connectivity index (χ0n) is 12.4. The third-order valence-electron chi connectivity index (χ3n) is 7.08. The lowest BCUT2D eigenvalue weighted by Crippen LogP contribution is -2.40. The topological polar surface area (TPSA) is 0 Å². The van der Waals surface area contributed by atoms with Crippen LogP contribution in [-0.2, 0) is 6.42 Å². The summed E-state index contributed by atoms with van der Waals surface area (Å²) in [6, 6.07) is 5.78. The van der Waals surface area contributed by atoms with E-state index in [1.54, 1.807) is 16.7 Å². The van der Waals surface area contributed by atoms with Gasteiger partial charge < -0.3 is 0 Å². The molecule has 0 heteroatoms. The molecule has 0 spiro atoms. The van der Waals surface area contributed by atoms with Crippen molar-refractivity contribution in [1.29, 1.82) is 0 Å². The van der Waals surface area contributed by atoms with Crippen LogP contribution in [0.25, 0.3) is 12.2 Å². The van der Waals surface area contributed by atoms with E-state index >= 15 is 0 Å². The number of hydrogen-bond acceptors (Lipinski definition) is 0. The third-order valence-corrected chi connectivity index (χ3v) is 7.08. The Kier molecular flexibility index (Phi) is 2.19. The summed E-state index contributed by atoms with van der Waals surface area (Å²) >= 11 is 0. The summed E-state index contributed by atoms with van der Waals surface area (Å²) in [5, 5.41) is 0. The van der Waals surface area contributed by atoms with E-state index < -0.39 is 0 Å². The summed E-state index contributed by atoms with van der Waals surface area (Å²) in [7, 11) is 0. The molecule has 1 aromatic carbocycles. The van der Waals surface area contributed by atoms with Crippen LogP contribution in [0.15, 0.2) is 6.07 Å². The lowest BCUT2D eigenvalue weighted by atomic mass is 9.55. The second-order valence-corrected chi connectivity index (χ2v) is 7.89. The Balaban J connectivity index is 1.61. The predicted molar refractivity (Wildman–Crippen MR) is 83.4 cm³/mol. The smallest absolute Gasteiger partial charge is 0.00961 e. The highest BCUT2D eigenvalue weighted by Crippen LogP contribution is 2.61. The first-order valence-electron chi connectivity index (χ1n) is 8.52. The van der Waals surface area contributed by atoms with Crippen molar-refractivity contribution in [3.63, 3.8) is 0 Å². The van der Waals surface area contributed by atoms with Crippen molar-refractivity contribution in [2.75, 3.05) is 0 Å². The molecule has 5 rings (SSSR count). The Bertz CT molecular complexity index is 609. The van der Waals surface area contributed by atoms with Crippen molar-refractivity contribution < 1.29 is 0 Å². The molecule has 2 fully saturated rings. The quantitative estimate of drug-likeness (QED) is 0.611. The lowest BCUT2D eigenvalue weighted by Gasteiger charge is -2.50. The summed E-state index contributed by atoms with van der Waals surface area (Å²) in [4.78, 5) is 0. The molecule has 0 saturated heterocycles. The molecule has 0 amide bonds. The van der Waals surface area contributed by atoms with E-state index in [0.29, 0.717) is 5.41 Å². The van der Waals surface area contributed by atoms with Crippen molar-refractivity contribution in [3.8, 4) is 0 Å². The van der Waals surface area contributed by atoms with Gasteiger partial charge in [-0.3, -0.25) is 0 Å². The SMILES string of the molecule is C[C@@]12CCC[C@H]1[C@@H]1CCc3c[c]c4c(c3[C@H]1CC2)C=C4. The molecule has 2 saturated carbocycles. The fraction of sp³-hybridized carbons (Fsp3) is 0.600. The fourth-order valence-corrected chi connectivity index (χ4v) is 6.03. The molecular weight excluding hydrogens is 240 g/mol.